The van der Waals surface area contributed by atoms with Crippen molar-refractivity contribution in [3.8, 4) is 0 Å². The van der Waals surface area contributed by atoms with Crippen molar-refractivity contribution < 1.29 is 13.6 Å². The van der Waals surface area contributed by atoms with Gasteiger partial charge in [0.2, 0.25) is 6.17 Å². The van der Waals surface area contributed by atoms with Crippen molar-refractivity contribution in [2.45, 2.75) is 11.9 Å². The molecule has 30 heavy (non-hydrogen) atoms. The molecule has 0 fully saturated rings. The summed E-state index contributed by atoms with van der Waals surface area (Å²) in [5.74, 6) is 0.296. The summed E-state index contributed by atoms with van der Waals surface area (Å²) in [6.45, 7) is 0. The first-order chi connectivity index (χ1) is 14.6. The summed E-state index contributed by atoms with van der Waals surface area (Å²) in [7, 11) is 0. The van der Waals surface area contributed by atoms with Crippen LogP contribution in [-0.4, -0.2) is 16.1 Å². The number of furan rings is 1. The van der Waals surface area contributed by atoms with Gasteiger partial charge in [0.05, 0.1) is 5.36 Å². The van der Waals surface area contributed by atoms with Crippen LogP contribution in [0.5, 0.6) is 0 Å². The number of amidine groups is 1. The first-order valence-electron chi connectivity index (χ1n) is 9.08. The van der Waals surface area contributed by atoms with Crippen molar-refractivity contribution >= 4 is 44.5 Å². The Morgan fingerprint density at radius 2 is 1.93 bits per heavy atom. The van der Waals surface area contributed by atoms with Crippen molar-refractivity contribution in [3.05, 3.63) is 93.0 Å². The lowest BCUT2D eigenvalue weighted by atomic mass is 10.1. The number of nitrogens with one attached hydrogen (secondary N) is 1. The summed E-state index contributed by atoms with van der Waals surface area (Å²) >= 11 is 4.56. The van der Waals surface area contributed by atoms with Gasteiger partial charge in [0.15, 0.2) is 15.6 Å². The summed E-state index contributed by atoms with van der Waals surface area (Å²) in [6, 6.07) is 17.5. The lowest BCUT2D eigenvalue weighted by molar-refractivity contribution is -0.116. The maximum Gasteiger partial charge on any atom is 0.276 e. The normalized spacial score (nSPS) is 17.6. The van der Waals surface area contributed by atoms with Gasteiger partial charge in [-0.3, -0.25) is 10.1 Å². The van der Waals surface area contributed by atoms with Crippen molar-refractivity contribution in [3.63, 3.8) is 0 Å². The lowest BCUT2D eigenvalue weighted by Gasteiger charge is -2.32. The van der Waals surface area contributed by atoms with Crippen molar-refractivity contribution in [2.75, 3.05) is 0 Å². The molecule has 5 rings (SSSR count). The monoisotopic (exact) mass is 484 g/mol. The molecule has 0 unspecified atom stereocenters. The third-order valence-electron chi connectivity index (χ3n) is 4.69. The molecule has 0 bridgehead atoms. The molecule has 3 aromatic rings. The fourth-order valence-electron chi connectivity index (χ4n) is 3.31. The van der Waals surface area contributed by atoms with Gasteiger partial charge in [-0.05, 0) is 45.8 Å². The van der Waals surface area contributed by atoms with E-state index in [9.17, 15) is 9.18 Å². The number of fused-ring (bicyclic) bond motifs is 2. The number of nitrogens with zero attached hydrogens (tertiary/aromatic N) is 3. The molecule has 0 saturated carbocycles. The van der Waals surface area contributed by atoms with Gasteiger partial charge in [0, 0.05) is 11.0 Å². The minimum absolute atomic E-state index is 0.291. The zero-order valence-electron chi connectivity index (χ0n) is 15.4. The van der Waals surface area contributed by atoms with Crippen LogP contribution >= 0.6 is 27.7 Å². The number of hydrogen-bond acceptors (Lipinski definition) is 6. The second kappa shape index (κ2) is 7.73. The molecule has 0 spiro atoms. The number of carbonyl (C=O) groups is 1. The minimum atomic E-state index is -0.628. The number of benzene rings is 2. The first kappa shape index (κ1) is 19.1. The molecule has 0 saturated heterocycles. The third kappa shape index (κ3) is 3.44. The standard InChI is InChI=1S/C21H14BrFN4O2S/c22-17-10-9-16(29-17)19-24-15-8-4-2-6-13(15)18-20(28)25-21(26-27(18)19)30-11-12-5-1-3-7-14(12)23/h1-10,19H,11H2,(H,25,26,28)/t19-/m1/s1. The molecular formula is C21H14BrFN4O2S. The van der Waals surface area contributed by atoms with Gasteiger partial charge in [-0.25, -0.2) is 14.4 Å². The second-order valence-electron chi connectivity index (χ2n) is 6.59. The number of hydrazone groups is 1. The predicted molar refractivity (Wildman–Crippen MR) is 115 cm³/mol. The maximum absolute atomic E-state index is 14.0. The SMILES string of the molecule is O=C1NC(SCc2ccccc2F)=NN2C1=c1ccccc1=N[C@H]2c1ccc(Br)o1. The van der Waals surface area contributed by atoms with Crippen LogP contribution in [0.1, 0.15) is 17.5 Å². The number of carbonyl (C=O) groups excluding carboxylic acids is 1. The number of para-hydroxylation sites is 1. The number of hydrogen-bond donors (Lipinski definition) is 1. The second-order valence-corrected chi connectivity index (χ2v) is 8.34. The Balaban J connectivity index is 1.56. The molecule has 0 radical (unpaired) electrons. The van der Waals surface area contributed by atoms with Crippen molar-refractivity contribution in [1.82, 2.24) is 10.3 Å². The van der Waals surface area contributed by atoms with E-state index in [4.69, 9.17) is 9.41 Å². The van der Waals surface area contributed by atoms with Gasteiger partial charge >= 0.3 is 0 Å². The number of thioether (sulfide) groups is 1. The van der Waals surface area contributed by atoms with Gasteiger partial charge in [0.1, 0.15) is 11.5 Å². The van der Waals surface area contributed by atoms with Gasteiger partial charge in [-0.1, -0.05) is 48.2 Å². The lowest BCUT2D eigenvalue weighted by Crippen LogP contribution is -2.50. The summed E-state index contributed by atoms with van der Waals surface area (Å²) in [4.78, 5) is 17.8. The Bertz CT molecular complexity index is 1310. The highest BCUT2D eigenvalue weighted by Crippen LogP contribution is 2.33. The molecule has 1 atom stereocenters. The largest absolute Gasteiger partial charge is 0.450 e. The highest BCUT2D eigenvalue weighted by atomic mass is 79.9. The molecule has 2 aliphatic rings. The van der Waals surface area contributed by atoms with E-state index >= 15 is 0 Å². The summed E-state index contributed by atoms with van der Waals surface area (Å²) in [6.07, 6.45) is -0.628. The minimum Gasteiger partial charge on any atom is -0.450 e. The topological polar surface area (TPSA) is 70.2 Å². The fraction of sp³-hybridized carbons (Fsp3) is 0.0952. The zero-order valence-corrected chi connectivity index (χ0v) is 17.8. The van der Waals surface area contributed by atoms with Gasteiger partial charge in [-0.2, -0.15) is 0 Å². The van der Waals surface area contributed by atoms with Gasteiger partial charge in [0.25, 0.3) is 5.91 Å². The Morgan fingerprint density at radius 3 is 2.73 bits per heavy atom. The Kier molecular flexibility index (Phi) is 4.92. The molecule has 9 heteroatoms. The molecule has 1 amide bonds. The fourth-order valence-corrected chi connectivity index (χ4v) is 4.46. The third-order valence-corrected chi connectivity index (χ3v) is 6.02. The van der Waals surface area contributed by atoms with Crippen LogP contribution in [0.25, 0.3) is 5.70 Å². The smallest absolute Gasteiger partial charge is 0.276 e. The van der Waals surface area contributed by atoms with E-state index in [1.54, 1.807) is 35.3 Å². The van der Waals surface area contributed by atoms with E-state index in [0.29, 0.717) is 43.2 Å². The van der Waals surface area contributed by atoms with E-state index in [2.05, 4.69) is 26.3 Å². The highest BCUT2D eigenvalue weighted by Gasteiger charge is 2.35. The summed E-state index contributed by atoms with van der Waals surface area (Å²) in [5.41, 5.74) is 0.933. The zero-order chi connectivity index (χ0) is 20.7. The molecule has 1 aromatic heterocycles. The molecular weight excluding hydrogens is 471 g/mol. The quantitative estimate of drug-likeness (QED) is 0.619. The highest BCUT2D eigenvalue weighted by molar-refractivity contribution is 9.10. The molecule has 0 aliphatic carbocycles. The first-order valence-corrected chi connectivity index (χ1v) is 10.9. The van der Waals surface area contributed by atoms with Crippen LogP contribution in [0.2, 0.25) is 0 Å². The average Bonchev–Trinajstić information content (AvgIpc) is 3.18. The molecule has 2 aromatic carbocycles. The number of halogens is 2. The Morgan fingerprint density at radius 1 is 1.13 bits per heavy atom. The van der Waals surface area contributed by atoms with Crippen molar-refractivity contribution in [1.29, 1.82) is 0 Å². The Labute approximate surface area is 183 Å². The van der Waals surface area contributed by atoms with Crippen LogP contribution in [0.3, 0.4) is 0 Å². The van der Waals surface area contributed by atoms with E-state index in [-0.39, 0.29) is 11.7 Å². The van der Waals surface area contributed by atoms with E-state index in [1.165, 1.54) is 17.8 Å². The molecule has 150 valence electrons. The average molecular weight is 485 g/mol. The summed E-state index contributed by atoms with van der Waals surface area (Å²) < 4.78 is 20.2. The maximum atomic E-state index is 14.0. The van der Waals surface area contributed by atoms with E-state index in [1.807, 2.05) is 24.3 Å². The molecule has 1 N–H and O–H groups in total. The van der Waals surface area contributed by atoms with Crippen LogP contribution in [0, 0.1) is 5.82 Å². The van der Waals surface area contributed by atoms with E-state index in [0.717, 1.165) is 0 Å². The Hall–Kier alpha value is -2.91. The summed E-state index contributed by atoms with van der Waals surface area (Å²) in [5, 5.41) is 10.8. The van der Waals surface area contributed by atoms with Crippen LogP contribution < -0.4 is 15.9 Å². The number of amides is 1. The van der Waals surface area contributed by atoms with E-state index < -0.39 is 6.17 Å². The van der Waals surface area contributed by atoms with Gasteiger partial charge < -0.3 is 4.42 Å². The number of rotatable bonds is 3. The molecule has 3 heterocycles. The van der Waals surface area contributed by atoms with Crippen LogP contribution in [0.15, 0.2) is 79.8 Å². The van der Waals surface area contributed by atoms with Crippen LogP contribution in [-0.2, 0) is 10.5 Å². The molecule has 2 aliphatic heterocycles. The molecule has 6 nitrogen and oxygen atoms in total. The van der Waals surface area contributed by atoms with Crippen molar-refractivity contribution in [2.24, 2.45) is 10.1 Å². The van der Waals surface area contributed by atoms with Crippen LogP contribution in [0.4, 0.5) is 4.39 Å². The van der Waals surface area contributed by atoms with Gasteiger partial charge in [-0.15, -0.1) is 5.10 Å². The predicted octanol–water partition coefficient (Wildman–Crippen LogP) is 3.26.